The summed E-state index contributed by atoms with van der Waals surface area (Å²) in [6.07, 6.45) is -6.48. The average molecular weight is 644 g/mol. The Bertz CT molecular complexity index is 2100. The van der Waals surface area contributed by atoms with E-state index in [9.17, 15) is 30.4 Å². The molecule has 1 aliphatic heterocycles. The zero-order valence-corrected chi connectivity index (χ0v) is 24.3. The molecule has 2 aliphatic rings. The molecule has 14 heteroatoms. The number of hydrogen-bond acceptors (Lipinski definition) is 7. The Labute approximate surface area is 253 Å². The second kappa shape index (κ2) is 9.89. The Balaban J connectivity index is 1.42. The lowest BCUT2D eigenvalue weighted by Gasteiger charge is -2.14. The van der Waals surface area contributed by atoms with Crippen LogP contribution >= 0.6 is 0 Å². The Kier molecular flexibility index (Phi) is 6.38. The number of oxazole rings is 1. The molecule has 0 atom stereocenters. The van der Waals surface area contributed by atoms with Gasteiger partial charge in [0.05, 0.1) is 15.8 Å². The first-order chi connectivity index (χ1) is 21.2. The van der Waals surface area contributed by atoms with E-state index in [1.807, 2.05) is 0 Å². The molecule has 1 aliphatic carbocycles. The van der Waals surface area contributed by atoms with Crippen molar-refractivity contribution in [1.82, 2.24) is 14.5 Å². The Morgan fingerprint density at radius 3 is 2.31 bits per heavy atom. The molecule has 3 aromatic carbocycles. The first-order valence-electron chi connectivity index (χ1n) is 13.7. The quantitative estimate of drug-likeness (QED) is 0.175. The lowest BCUT2D eigenvalue weighted by Crippen LogP contribution is -2.25. The van der Waals surface area contributed by atoms with Crippen molar-refractivity contribution in [3.63, 3.8) is 0 Å². The van der Waals surface area contributed by atoms with Crippen molar-refractivity contribution in [3.8, 4) is 50.9 Å². The summed E-state index contributed by atoms with van der Waals surface area (Å²) in [5.41, 5.74) is 1.06. The number of alkyl halides is 5. The molecule has 232 valence electrons. The minimum absolute atomic E-state index is 0.0425. The number of imidazole rings is 1. The van der Waals surface area contributed by atoms with Gasteiger partial charge in [-0.3, -0.25) is 0 Å². The van der Waals surface area contributed by atoms with Gasteiger partial charge in [-0.15, -0.1) is 8.78 Å². The Morgan fingerprint density at radius 1 is 0.889 bits per heavy atom. The number of rotatable bonds is 6. The smallest absolute Gasteiger partial charge is 0.440 e. The highest BCUT2D eigenvalue weighted by atomic mass is 32.2. The van der Waals surface area contributed by atoms with Gasteiger partial charge in [0, 0.05) is 24.2 Å². The molecule has 0 saturated heterocycles. The Morgan fingerprint density at radius 2 is 1.60 bits per heavy atom. The van der Waals surface area contributed by atoms with E-state index < -0.39 is 33.3 Å². The minimum Gasteiger partial charge on any atom is -0.440 e. The van der Waals surface area contributed by atoms with Crippen molar-refractivity contribution < 1.29 is 44.3 Å². The maximum absolute atomic E-state index is 13.7. The molecule has 0 unspecified atom stereocenters. The number of halogens is 5. The molecule has 5 aromatic rings. The highest BCUT2D eigenvalue weighted by molar-refractivity contribution is 7.92. The Hall–Kier alpha value is -4.72. The summed E-state index contributed by atoms with van der Waals surface area (Å²) >= 11 is 0. The van der Waals surface area contributed by atoms with Crippen molar-refractivity contribution >= 4 is 9.84 Å². The van der Waals surface area contributed by atoms with Gasteiger partial charge >= 0.3 is 12.5 Å². The van der Waals surface area contributed by atoms with Crippen LogP contribution in [0.3, 0.4) is 0 Å². The lowest BCUT2D eigenvalue weighted by molar-refractivity contribution is -0.286. The summed E-state index contributed by atoms with van der Waals surface area (Å²) in [4.78, 5) is 8.40. The fourth-order valence-electron chi connectivity index (χ4n) is 5.29. The number of nitrogens with zero attached hydrogens (tertiary/aromatic N) is 3. The van der Waals surface area contributed by atoms with Gasteiger partial charge in [-0.1, -0.05) is 18.2 Å². The maximum Gasteiger partial charge on any atom is 0.586 e. The van der Waals surface area contributed by atoms with Gasteiger partial charge in [0.15, 0.2) is 38.7 Å². The number of aryl methyl sites for hydroxylation is 2. The number of ether oxygens (including phenoxy) is 2. The summed E-state index contributed by atoms with van der Waals surface area (Å²) in [6.45, 7) is 2.99. The van der Waals surface area contributed by atoms with E-state index in [1.165, 1.54) is 35.8 Å². The topological polar surface area (TPSA) is 96.5 Å². The van der Waals surface area contributed by atoms with Gasteiger partial charge < -0.3 is 18.5 Å². The summed E-state index contributed by atoms with van der Waals surface area (Å²) in [5.74, 6) is -0.0538. The van der Waals surface area contributed by atoms with Gasteiger partial charge in [-0.25, -0.2) is 18.4 Å². The molecule has 1 fully saturated rings. The van der Waals surface area contributed by atoms with Gasteiger partial charge in [0.1, 0.15) is 11.5 Å². The molecule has 0 bridgehead atoms. The third-order valence-corrected chi connectivity index (χ3v) is 9.80. The van der Waals surface area contributed by atoms with E-state index in [0.717, 1.165) is 6.20 Å². The highest BCUT2D eigenvalue weighted by Gasteiger charge is 2.44. The summed E-state index contributed by atoms with van der Waals surface area (Å²) in [5, 5.41) is -0.417. The van der Waals surface area contributed by atoms with Crippen LogP contribution in [0.5, 0.6) is 11.5 Å². The van der Waals surface area contributed by atoms with Crippen molar-refractivity contribution in [2.75, 3.05) is 0 Å². The number of aromatic nitrogens is 3. The van der Waals surface area contributed by atoms with Crippen LogP contribution in [-0.4, -0.2) is 34.5 Å². The first-order valence-corrected chi connectivity index (χ1v) is 15.2. The van der Waals surface area contributed by atoms with Crippen molar-refractivity contribution in [2.24, 2.45) is 0 Å². The zero-order valence-electron chi connectivity index (χ0n) is 23.5. The fraction of sp³-hybridized carbons (Fsp3) is 0.226. The molecular weight excluding hydrogens is 621 g/mol. The monoisotopic (exact) mass is 643 g/mol. The third kappa shape index (κ3) is 5.22. The number of hydrogen-bond donors (Lipinski definition) is 0. The van der Waals surface area contributed by atoms with Gasteiger partial charge in [0.25, 0.3) is 0 Å². The molecular formula is C31H22F5N3O5S. The van der Waals surface area contributed by atoms with Crippen LogP contribution in [0, 0.1) is 13.8 Å². The molecule has 3 heterocycles. The molecule has 0 amide bonds. The normalized spacial score (nSPS) is 15.9. The predicted octanol–water partition coefficient (Wildman–Crippen LogP) is 7.75. The van der Waals surface area contributed by atoms with Gasteiger partial charge in [-0.2, -0.15) is 13.2 Å². The van der Waals surface area contributed by atoms with Gasteiger partial charge in [0.2, 0.25) is 0 Å². The largest absolute Gasteiger partial charge is 0.586 e. The van der Waals surface area contributed by atoms with Crippen LogP contribution in [0.4, 0.5) is 22.0 Å². The molecule has 2 aromatic heterocycles. The predicted molar refractivity (Wildman–Crippen MR) is 151 cm³/mol. The number of fused-ring (bicyclic) bond motifs is 1. The third-order valence-electron chi connectivity index (χ3n) is 7.54. The van der Waals surface area contributed by atoms with E-state index in [0.29, 0.717) is 29.5 Å². The second-order valence-electron chi connectivity index (χ2n) is 10.8. The van der Waals surface area contributed by atoms with E-state index in [4.69, 9.17) is 4.42 Å². The fourth-order valence-corrected chi connectivity index (χ4v) is 6.99. The van der Waals surface area contributed by atoms with Crippen LogP contribution in [-0.2, 0) is 16.0 Å². The van der Waals surface area contributed by atoms with E-state index in [-0.39, 0.29) is 50.8 Å². The molecule has 7 rings (SSSR count). The summed E-state index contributed by atoms with van der Waals surface area (Å²) < 4.78 is 111. The second-order valence-corrected chi connectivity index (χ2v) is 13.0. The van der Waals surface area contributed by atoms with Crippen molar-refractivity contribution in [2.45, 2.75) is 49.3 Å². The molecule has 1 saturated carbocycles. The summed E-state index contributed by atoms with van der Waals surface area (Å²) in [6, 6.07) is 15.4. The summed E-state index contributed by atoms with van der Waals surface area (Å²) in [7, 11) is -3.50. The van der Waals surface area contributed by atoms with E-state index >= 15 is 0 Å². The van der Waals surface area contributed by atoms with Gasteiger partial charge in [-0.05, 0) is 73.4 Å². The minimum atomic E-state index is -4.70. The molecule has 0 radical (unpaired) electrons. The zero-order chi connectivity index (χ0) is 31.9. The van der Waals surface area contributed by atoms with E-state index in [1.54, 1.807) is 43.3 Å². The van der Waals surface area contributed by atoms with Crippen LogP contribution in [0.25, 0.3) is 39.4 Å². The van der Waals surface area contributed by atoms with Crippen LogP contribution < -0.4 is 9.47 Å². The SMILES string of the molecule is Cc1nc(-c2cc(-c3cccc(S(=O)(=O)C4CC4)c3)ccc2-n2cc(C(F)(F)F)nc2C)c(-c2ccc3c(c2)OC(F)(F)O3)o1. The van der Waals surface area contributed by atoms with Crippen LogP contribution in [0.15, 0.2) is 76.2 Å². The average Bonchev–Trinajstić information content (AvgIpc) is 3.56. The number of benzene rings is 3. The standard InChI is InChI=1S/C31H22F5N3O5S/c1-16-37-27(30(32,33)34)15-39(16)24-10-6-19(18-4-3-5-22(12-18)45(40,41)21-8-9-21)13-23(24)28-29(42-17(2)38-28)20-7-11-25-26(14-20)44-31(35,36)43-25/h3-7,10-15,21H,8-9H2,1-2H3. The molecule has 45 heavy (non-hydrogen) atoms. The van der Waals surface area contributed by atoms with Crippen LogP contribution in [0.2, 0.25) is 0 Å². The van der Waals surface area contributed by atoms with Crippen LogP contribution in [0.1, 0.15) is 30.3 Å². The molecule has 8 nitrogen and oxygen atoms in total. The molecule has 0 spiro atoms. The number of sulfone groups is 1. The maximum atomic E-state index is 13.7. The van der Waals surface area contributed by atoms with E-state index in [2.05, 4.69) is 19.4 Å². The highest BCUT2D eigenvalue weighted by Crippen LogP contribution is 2.46. The lowest BCUT2D eigenvalue weighted by atomic mass is 9.98. The molecule has 0 N–H and O–H groups in total. The van der Waals surface area contributed by atoms with Crippen molar-refractivity contribution in [1.29, 1.82) is 0 Å². The first kappa shape index (κ1) is 29.0. The van der Waals surface area contributed by atoms with Crippen molar-refractivity contribution in [3.05, 3.63) is 84.3 Å².